The molecule has 1 saturated heterocycles. The van der Waals surface area contributed by atoms with Crippen LogP contribution in [0.4, 0.5) is 4.39 Å². The van der Waals surface area contributed by atoms with E-state index < -0.39 is 5.82 Å². The van der Waals surface area contributed by atoms with E-state index in [1.165, 1.54) is 24.4 Å². The molecular formula is C26H24ClFN2O3. The lowest BCUT2D eigenvalue weighted by Crippen LogP contribution is -2.44. The highest BCUT2D eigenvalue weighted by Gasteiger charge is 2.34. The zero-order valence-electron chi connectivity index (χ0n) is 18.0. The minimum atomic E-state index is -0.525. The average molecular weight is 467 g/mol. The molecule has 3 aromatic rings. The highest BCUT2D eigenvalue weighted by Crippen LogP contribution is 2.35. The summed E-state index contributed by atoms with van der Waals surface area (Å²) in [5.74, 6) is -0.240. The summed E-state index contributed by atoms with van der Waals surface area (Å²) in [6.07, 6.45) is 7.68. The molecule has 4 rings (SSSR count). The first kappa shape index (κ1) is 23.0. The molecule has 170 valence electrons. The van der Waals surface area contributed by atoms with Crippen molar-refractivity contribution in [2.45, 2.75) is 18.3 Å². The van der Waals surface area contributed by atoms with Gasteiger partial charge >= 0.3 is 0 Å². The number of hydrogen-bond acceptors (Lipinski definition) is 4. The molecule has 0 spiro atoms. The van der Waals surface area contributed by atoms with Crippen LogP contribution < -0.4 is 10.1 Å². The lowest BCUT2D eigenvalue weighted by molar-refractivity contribution is -0.116. The molecule has 7 heteroatoms. The second-order valence-electron chi connectivity index (χ2n) is 7.93. The van der Waals surface area contributed by atoms with Crippen LogP contribution in [0.15, 0.2) is 73.1 Å². The second kappa shape index (κ2) is 10.6. The molecule has 1 aliphatic heterocycles. The number of aromatic nitrogens is 1. The van der Waals surface area contributed by atoms with E-state index in [9.17, 15) is 9.18 Å². The highest BCUT2D eigenvalue weighted by molar-refractivity contribution is 6.30. The van der Waals surface area contributed by atoms with Crippen molar-refractivity contribution in [2.75, 3.05) is 19.8 Å². The molecule has 0 unspecified atom stereocenters. The second-order valence-corrected chi connectivity index (χ2v) is 8.37. The third-order valence-electron chi connectivity index (χ3n) is 5.73. The number of amides is 1. The minimum absolute atomic E-state index is 0.0904. The molecule has 5 nitrogen and oxygen atoms in total. The maximum atomic E-state index is 14.4. The Morgan fingerprint density at radius 3 is 2.76 bits per heavy atom. The van der Waals surface area contributed by atoms with Crippen LogP contribution in [0.5, 0.6) is 11.5 Å². The van der Waals surface area contributed by atoms with E-state index in [4.69, 9.17) is 21.1 Å². The molecule has 1 N–H and O–H groups in total. The number of hydrogen-bond donors (Lipinski definition) is 1. The van der Waals surface area contributed by atoms with Crippen LogP contribution in [0.2, 0.25) is 5.02 Å². The van der Waals surface area contributed by atoms with Gasteiger partial charge in [0.2, 0.25) is 5.91 Å². The monoisotopic (exact) mass is 466 g/mol. The van der Waals surface area contributed by atoms with Gasteiger partial charge in [-0.3, -0.25) is 9.78 Å². The van der Waals surface area contributed by atoms with Crippen LogP contribution in [0.25, 0.3) is 6.08 Å². The third kappa shape index (κ3) is 5.97. The van der Waals surface area contributed by atoms with Crippen molar-refractivity contribution >= 4 is 23.6 Å². The zero-order chi connectivity index (χ0) is 23.1. The van der Waals surface area contributed by atoms with Crippen molar-refractivity contribution < 1.29 is 18.7 Å². The molecule has 0 saturated carbocycles. The normalized spacial score (nSPS) is 15.3. The molecule has 1 fully saturated rings. The van der Waals surface area contributed by atoms with Gasteiger partial charge in [0, 0.05) is 42.5 Å². The number of carbonyl (C=O) groups is 1. The number of ether oxygens (including phenoxy) is 2. The average Bonchev–Trinajstić information content (AvgIpc) is 2.84. The van der Waals surface area contributed by atoms with Crippen LogP contribution in [0, 0.1) is 5.82 Å². The number of benzene rings is 2. The topological polar surface area (TPSA) is 60.5 Å². The van der Waals surface area contributed by atoms with E-state index >= 15 is 0 Å². The van der Waals surface area contributed by atoms with E-state index in [1.807, 2.05) is 24.3 Å². The Labute approximate surface area is 197 Å². The third-order valence-corrected chi connectivity index (χ3v) is 5.97. The Bertz CT molecular complexity index is 1130. The fourth-order valence-electron chi connectivity index (χ4n) is 3.87. The molecule has 0 radical (unpaired) electrons. The molecule has 1 aromatic heterocycles. The molecule has 1 aliphatic rings. The molecule has 2 aromatic carbocycles. The Hall–Kier alpha value is -3.22. The van der Waals surface area contributed by atoms with Crippen molar-refractivity contribution in [2.24, 2.45) is 0 Å². The molecule has 0 atom stereocenters. The number of carbonyl (C=O) groups excluding carboxylic acids is 1. The van der Waals surface area contributed by atoms with Gasteiger partial charge in [0.05, 0.1) is 6.20 Å². The van der Waals surface area contributed by atoms with E-state index in [-0.39, 0.29) is 17.1 Å². The van der Waals surface area contributed by atoms with Gasteiger partial charge in [-0.25, -0.2) is 4.39 Å². The van der Waals surface area contributed by atoms with Gasteiger partial charge in [-0.05, 0) is 66.4 Å². The van der Waals surface area contributed by atoms with Crippen LogP contribution in [-0.4, -0.2) is 30.6 Å². The van der Waals surface area contributed by atoms with Gasteiger partial charge < -0.3 is 14.8 Å². The summed E-state index contributed by atoms with van der Waals surface area (Å²) in [5, 5.41) is 3.66. The van der Waals surface area contributed by atoms with Gasteiger partial charge in [-0.15, -0.1) is 0 Å². The SMILES string of the molecule is O=C(/C=C/c1ccc(Oc2cccnc2)c(F)c1)NCC1(c2cccc(Cl)c2)CCOCC1. The summed E-state index contributed by atoms with van der Waals surface area (Å²) in [5.41, 5.74) is 1.41. The van der Waals surface area contributed by atoms with Crippen LogP contribution in [0.1, 0.15) is 24.0 Å². The summed E-state index contributed by atoms with van der Waals surface area (Å²) in [7, 11) is 0. The van der Waals surface area contributed by atoms with Gasteiger partial charge in [0.15, 0.2) is 11.6 Å². The number of halogens is 2. The zero-order valence-corrected chi connectivity index (χ0v) is 18.7. The van der Waals surface area contributed by atoms with E-state index in [0.29, 0.717) is 36.1 Å². The van der Waals surface area contributed by atoms with Gasteiger partial charge in [0.25, 0.3) is 0 Å². The standard InChI is InChI=1S/C26H24ClFN2O3/c27-21-4-1-3-20(16-21)26(10-13-32-14-11-26)18-30-25(31)9-7-19-6-8-24(23(28)15-19)33-22-5-2-12-29-17-22/h1-9,12,15-17H,10-11,13-14,18H2,(H,30,31)/b9-7+. The first-order valence-corrected chi connectivity index (χ1v) is 11.1. The van der Waals surface area contributed by atoms with Gasteiger partial charge in [-0.1, -0.05) is 29.8 Å². The Morgan fingerprint density at radius 2 is 2.03 bits per heavy atom. The fourth-order valence-corrected chi connectivity index (χ4v) is 4.06. The summed E-state index contributed by atoms with van der Waals surface area (Å²) < 4.78 is 25.5. The van der Waals surface area contributed by atoms with Gasteiger partial charge in [-0.2, -0.15) is 0 Å². The first-order valence-electron chi connectivity index (χ1n) is 10.7. The molecule has 1 amide bonds. The Balaban J connectivity index is 1.39. The van der Waals surface area contributed by atoms with Crippen LogP contribution in [0.3, 0.4) is 0 Å². The van der Waals surface area contributed by atoms with Crippen molar-refractivity contribution in [3.63, 3.8) is 0 Å². The lowest BCUT2D eigenvalue weighted by Gasteiger charge is -2.38. The molecule has 0 aliphatic carbocycles. The van der Waals surface area contributed by atoms with Crippen molar-refractivity contribution in [3.05, 3.63) is 95.0 Å². The largest absolute Gasteiger partial charge is 0.453 e. The number of nitrogens with one attached hydrogen (secondary N) is 1. The Morgan fingerprint density at radius 1 is 1.18 bits per heavy atom. The quantitative estimate of drug-likeness (QED) is 0.464. The maximum absolute atomic E-state index is 14.4. The molecule has 2 heterocycles. The fraction of sp³-hybridized carbons (Fsp3) is 0.231. The minimum Gasteiger partial charge on any atom is -0.453 e. The summed E-state index contributed by atoms with van der Waals surface area (Å²) in [4.78, 5) is 16.5. The van der Waals surface area contributed by atoms with Crippen molar-refractivity contribution in [1.82, 2.24) is 10.3 Å². The smallest absolute Gasteiger partial charge is 0.244 e. The summed E-state index contributed by atoms with van der Waals surface area (Å²) >= 11 is 6.20. The number of rotatable bonds is 7. The van der Waals surface area contributed by atoms with Crippen molar-refractivity contribution in [1.29, 1.82) is 0 Å². The molecule has 0 bridgehead atoms. The molecule has 33 heavy (non-hydrogen) atoms. The number of nitrogens with zero attached hydrogens (tertiary/aromatic N) is 1. The lowest BCUT2D eigenvalue weighted by atomic mass is 9.74. The maximum Gasteiger partial charge on any atom is 0.244 e. The first-order chi connectivity index (χ1) is 16.0. The van der Waals surface area contributed by atoms with E-state index in [0.717, 1.165) is 18.4 Å². The van der Waals surface area contributed by atoms with E-state index in [2.05, 4.69) is 10.3 Å². The van der Waals surface area contributed by atoms with Crippen LogP contribution >= 0.6 is 11.6 Å². The number of pyridine rings is 1. The van der Waals surface area contributed by atoms with Crippen LogP contribution in [-0.2, 0) is 14.9 Å². The molecular weight excluding hydrogens is 443 g/mol. The van der Waals surface area contributed by atoms with Gasteiger partial charge in [0.1, 0.15) is 5.75 Å². The van der Waals surface area contributed by atoms with Crippen molar-refractivity contribution in [3.8, 4) is 11.5 Å². The Kier molecular flexibility index (Phi) is 7.37. The van der Waals surface area contributed by atoms with E-state index in [1.54, 1.807) is 30.5 Å². The summed E-state index contributed by atoms with van der Waals surface area (Å²) in [6.45, 7) is 1.72. The highest BCUT2D eigenvalue weighted by atomic mass is 35.5. The summed E-state index contributed by atoms with van der Waals surface area (Å²) in [6, 6.07) is 15.7. The predicted octanol–water partition coefficient (Wildman–Crippen LogP) is 5.54. The predicted molar refractivity (Wildman–Crippen MR) is 126 cm³/mol.